The Balaban J connectivity index is 1.51. The highest BCUT2D eigenvalue weighted by molar-refractivity contribution is 5.39. The average Bonchev–Trinajstić information content (AvgIpc) is 2.80. The summed E-state index contributed by atoms with van der Waals surface area (Å²) in [6.07, 6.45) is 2.10. The number of β-amino-alcohol motifs (C(OH)–C–C–N with tert-alkyl or cyclic N) is 1. The molecule has 3 nitrogen and oxygen atoms in total. The molecule has 104 valence electrons. The molecule has 0 saturated carbocycles. The maximum Gasteiger partial charge on any atom is 0.122 e. The second kappa shape index (κ2) is 4.80. The van der Waals surface area contributed by atoms with Gasteiger partial charge in [0.1, 0.15) is 5.75 Å². The number of likely N-dealkylation sites (tertiary alicyclic amines) is 1. The molecular formula is C16H23NO2. The van der Waals surface area contributed by atoms with Gasteiger partial charge in [-0.2, -0.15) is 0 Å². The van der Waals surface area contributed by atoms with Crippen LogP contribution in [-0.2, 0) is 12.8 Å². The fourth-order valence-corrected chi connectivity index (χ4v) is 2.93. The minimum absolute atomic E-state index is 0.348. The molecule has 2 aliphatic rings. The van der Waals surface area contributed by atoms with Gasteiger partial charge in [-0.15, -0.1) is 0 Å². The number of hydrogen-bond donors (Lipinski definition) is 1. The Hall–Kier alpha value is -1.06. The summed E-state index contributed by atoms with van der Waals surface area (Å²) in [6, 6.07) is 6.54. The van der Waals surface area contributed by atoms with Crippen LogP contribution in [0.4, 0.5) is 0 Å². The number of rotatable bonds is 4. The third kappa shape index (κ3) is 2.49. The summed E-state index contributed by atoms with van der Waals surface area (Å²) < 4.78 is 5.52. The Labute approximate surface area is 115 Å². The third-order valence-corrected chi connectivity index (χ3v) is 4.54. The second-order valence-electron chi connectivity index (χ2n) is 6.26. The Morgan fingerprint density at radius 2 is 2.16 bits per heavy atom. The molecule has 0 amide bonds. The highest BCUT2D eigenvalue weighted by Gasteiger charge is 2.42. The molecule has 0 atom stereocenters. The van der Waals surface area contributed by atoms with Crippen molar-refractivity contribution in [2.24, 2.45) is 5.92 Å². The molecule has 1 saturated heterocycles. The summed E-state index contributed by atoms with van der Waals surface area (Å²) in [5.74, 6) is 1.41. The second-order valence-corrected chi connectivity index (χ2v) is 6.26. The van der Waals surface area contributed by atoms with Crippen molar-refractivity contribution in [3.63, 3.8) is 0 Å². The standard InChI is InChI=1S/C16H23NO2/c1-12(2)16(18)10-17(11-16)7-5-13-3-4-15-14(9-13)6-8-19-15/h3-4,9,12,18H,5-8,10-11H2,1-2H3. The van der Waals surface area contributed by atoms with Crippen LogP contribution in [0, 0.1) is 5.92 Å². The van der Waals surface area contributed by atoms with Crippen molar-refractivity contribution >= 4 is 0 Å². The van der Waals surface area contributed by atoms with Crippen LogP contribution in [0.1, 0.15) is 25.0 Å². The zero-order valence-corrected chi connectivity index (χ0v) is 11.9. The van der Waals surface area contributed by atoms with Gasteiger partial charge in [-0.1, -0.05) is 26.0 Å². The molecule has 2 heterocycles. The van der Waals surface area contributed by atoms with Crippen LogP contribution in [0.25, 0.3) is 0 Å². The van der Waals surface area contributed by atoms with Crippen molar-refractivity contribution in [1.82, 2.24) is 4.90 Å². The van der Waals surface area contributed by atoms with Gasteiger partial charge >= 0.3 is 0 Å². The van der Waals surface area contributed by atoms with Gasteiger partial charge in [-0.25, -0.2) is 0 Å². The minimum Gasteiger partial charge on any atom is -0.493 e. The minimum atomic E-state index is -0.453. The summed E-state index contributed by atoms with van der Waals surface area (Å²) in [4.78, 5) is 2.34. The van der Waals surface area contributed by atoms with Gasteiger partial charge in [0.2, 0.25) is 0 Å². The number of nitrogens with zero attached hydrogens (tertiary/aromatic N) is 1. The van der Waals surface area contributed by atoms with E-state index in [0.717, 1.165) is 44.8 Å². The van der Waals surface area contributed by atoms with E-state index in [1.165, 1.54) is 11.1 Å². The van der Waals surface area contributed by atoms with Crippen LogP contribution in [0.2, 0.25) is 0 Å². The van der Waals surface area contributed by atoms with Gasteiger partial charge in [0, 0.05) is 26.1 Å². The van der Waals surface area contributed by atoms with Crippen molar-refractivity contribution in [2.45, 2.75) is 32.3 Å². The normalized spacial score (nSPS) is 21.1. The fourth-order valence-electron chi connectivity index (χ4n) is 2.93. The first kappa shape index (κ1) is 12.9. The molecule has 3 rings (SSSR count). The quantitative estimate of drug-likeness (QED) is 0.898. The van der Waals surface area contributed by atoms with Crippen molar-refractivity contribution in [3.8, 4) is 5.75 Å². The predicted molar refractivity (Wildman–Crippen MR) is 75.6 cm³/mol. The molecule has 1 aromatic carbocycles. The van der Waals surface area contributed by atoms with Crippen LogP contribution in [0.5, 0.6) is 5.75 Å². The molecule has 2 aliphatic heterocycles. The van der Waals surface area contributed by atoms with E-state index in [4.69, 9.17) is 4.74 Å². The SMILES string of the molecule is CC(C)C1(O)CN(CCc2ccc3c(c2)CCO3)C1. The van der Waals surface area contributed by atoms with E-state index < -0.39 is 5.60 Å². The first-order valence-electron chi connectivity index (χ1n) is 7.26. The van der Waals surface area contributed by atoms with Gasteiger partial charge in [0.25, 0.3) is 0 Å². The van der Waals surface area contributed by atoms with Crippen molar-refractivity contribution in [1.29, 1.82) is 0 Å². The van der Waals surface area contributed by atoms with Crippen LogP contribution in [-0.4, -0.2) is 41.8 Å². The monoisotopic (exact) mass is 261 g/mol. The highest BCUT2D eigenvalue weighted by atomic mass is 16.5. The van der Waals surface area contributed by atoms with Crippen molar-refractivity contribution in [3.05, 3.63) is 29.3 Å². The van der Waals surface area contributed by atoms with Gasteiger partial charge < -0.3 is 9.84 Å². The van der Waals surface area contributed by atoms with E-state index in [1.807, 2.05) is 0 Å². The molecule has 0 aliphatic carbocycles. The van der Waals surface area contributed by atoms with Crippen LogP contribution >= 0.6 is 0 Å². The topological polar surface area (TPSA) is 32.7 Å². The Kier molecular flexibility index (Phi) is 3.27. The van der Waals surface area contributed by atoms with Gasteiger partial charge in [-0.3, -0.25) is 4.90 Å². The maximum absolute atomic E-state index is 10.2. The summed E-state index contributed by atoms with van der Waals surface area (Å²) in [5.41, 5.74) is 2.27. The number of aliphatic hydroxyl groups is 1. The van der Waals surface area contributed by atoms with Crippen molar-refractivity contribution in [2.75, 3.05) is 26.2 Å². The van der Waals surface area contributed by atoms with E-state index in [-0.39, 0.29) is 0 Å². The first-order valence-corrected chi connectivity index (χ1v) is 7.26. The van der Waals surface area contributed by atoms with Gasteiger partial charge in [-0.05, 0) is 29.5 Å². The summed E-state index contributed by atoms with van der Waals surface area (Å²) in [5, 5.41) is 10.2. The lowest BCUT2D eigenvalue weighted by Crippen LogP contribution is -2.64. The van der Waals surface area contributed by atoms with Gasteiger partial charge in [0.05, 0.1) is 12.2 Å². The Bertz CT molecular complexity index is 464. The molecule has 19 heavy (non-hydrogen) atoms. The number of hydrogen-bond acceptors (Lipinski definition) is 3. The fraction of sp³-hybridized carbons (Fsp3) is 0.625. The molecule has 0 unspecified atom stereocenters. The van der Waals surface area contributed by atoms with E-state index in [9.17, 15) is 5.11 Å². The maximum atomic E-state index is 10.2. The summed E-state index contributed by atoms with van der Waals surface area (Å²) in [7, 11) is 0. The Morgan fingerprint density at radius 1 is 1.37 bits per heavy atom. The molecule has 1 fully saturated rings. The molecule has 1 aromatic rings. The lowest BCUT2D eigenvalue weighted by molar-refractivity contribution is -0.126. The molecule has 0 spiro atoms. The van der Waals surface area contributed by atoms with E-state index >= 15 is 0 Å². The number of fused-ring (bicyclic) bond motifs is 1. The highest BCUT2D eigenvalue weighted by Crippen LogP contribution is 2.29. The lowest BCUT2D eigenvalue weighted by Gasteiger charge is -2.49. The Morgan fingerprint density at radius 3 is 2.89 bits per heavy atom. The molecule has 0 bridgehead atoms. The zero-order valence-electron chi connectivity index (χ0n) is 11.9. The molecular weight excluding hydrogens is 238 g/mol. The summed E-state index contributed by atoms with van der Waals surface area (Å²) in [6.45, 7) is 7.69. The van der Waals surface area contributed by atoms with Gasteiger partial charge in [0.15, 0.2) is 0 Å². The van der Waals surface area contributed by atoms with E-state index in [2.05, 4.69) is 36.9 Å². The molecule has 1 N–H and O–H groups in total. The lowest BCUT2D eigenvalue weighted by atomic mass is 9.83. The van der Waals surface area contributed by atoms with Crippen molar-refractivity contribution < 1.29 is 9.84 Å². The third-order valence-electron chi connectivity index (χ3n) is 4.54. The van der Waals surface area contributed by atoms with E-state index in [0.29, 0.717) is 5.92 Å². The first-order chi connectivity index (χ1) is 9.07. The van der Waals surface area contributed by atoms with Crippen LogP contribution < -0.4 is 4.74 Å². The van der Waals surface area contributed by atoms with E-state index in [1.54, 1.807) is 0 Å². The number of benzene rings is 1. The molecule has 0 radical (unpaired) electrons. The average molecular weight is 261 g/mol. The smallest absolute Gasteiger partial charge is 0.122 e. The van der Waals surface area contributed by atoms with Crippen LogP contribution in [0.15, 0.2) is 18.2 Å². The van der Waals surface area contributed by atoms with Crippen LogP contribution in [0.3, 0.4) is 0 Å². The zero-order chi connectivity index (χ0) is 13.5. The molecule has 3 heteroatoms. The summed E-state index contributed by atoms with van der Waals surface area (Å²) >= 11 is 0. The predicted octanol–water partition coefficient (Wildman–Crippen LogP) is 1.87. The molecule has 0 aromatic heterocycles. The number of ether oxygens (including phenoxy) is 1. The largest absolute Gasteiger partial charge is 0.493 e.